The lowest BCUT2D eigenvalue weighted by atomic mass is 10.2. The van der Waals surface area contributed by atoms with Crippen LogP contribution >= 0.6 is 0 Å². The third-order valence-corrected chi connectivity index (χ3v) is 2.90. The van der Waals surface area contributed by atoms with Crippen LogP contribution in [0.1, 0.15) is 44.0 Å². The van der Waals surface area contributed by atoms with Crippen LogP contribution in [-0.4, -0.2) is 30.4 Å². The van der Waals surface area contributed by atoms with Gasteiger partial charge in [-0.25, -0.2) is 4.79 Å². The van der Waals surface area contributed by atoms with Crippen LogP contribution in [0.3, 0.4) is 0 Å². The van der Waals surface area contributed by atoms with Gasteiger partial charge in [-0.1, -0.05) is 13.3 Å². The van der Waals surface area contributed by atoms with Gasteiger partial charge in [-0.2, -0.15) is 0 Å². The molecule has 0 bridgehead atoms. The van der Waals surface area contributed by atoms with Gasteiger partial charge in [0.15, 0.2) is 6.61 Å². The van der Waals surface area contributed by atoms with Crippen LogP contribution in [0.5, 0.6) is 0 Å². The largest absolute Gasteiger partial charge is 0.452 e. The summed E-state index contributed by atoms with van der Waals surface area (Å²) in [4.78, 5) is 34.3. The Labute approximate surface area is 130 Å². The average Bonchev–Trinajstić information content (AvgIpc) is 2.45. The second-order valence-corrected chi connectivity index (χ2v) is 5.09. The van der Waals surface area contributed by atoms with E-state index in [4.69, 9.17) is 4.74 Å². The summed E-state index contributed by atoms with van der Waals surface area (Å²) in [6, 6.07) is 6.33. The molecule has 0 unspecified atom stereocenters. The molecule has 2 amide bonds. The van der Waals surface area contributed by atoms with Crippen LogP contribution in [0.15, 0.2) is 24.3 Å². The SMILES string of the molecule is CCC[C@H](C)NC(=O)COC(=O)c1ccc(NC(C)=O)cc1. The first kappa shape index (κ1) is 17.7. The Balaban J connectivity index is 2.45. The summed E-state index contributed by atoms with van der Waals surface area (Å²) in [6.07, 6.45) is 1.85. The standard InChI is InChI=1S/C16H22N2O4/c1-4-5-11(2)17-15(20)10-22-16(21)13-6-8-14(9-7-13)18-12(3)19/h6-9,11H,4-5,10H2,1-3H3,(H,17,20)(H,18,19)/t11-/m0/s1. The average molecular weight is 306 g/mol. The smallest absolute Gasteiger partial charge is 0.338 e. The van der Waals surface area contributed by atoms with Crippen molar-refractivity contribution in [2.45, 2.75) is 39.7 Å². The molecule has 0 fully saturated rings. The first-order valence-corrected chi connectivity index (χ1v) is 7.26. The number of rotatable bonds is 7. The van der Waals surface area contributed by atoms with Crippen LogP contribution in [0.25, 0.3) is 0 Å². The minimum Gasteiger partial charge on any atom is -0.452 e. The number of esters is 1. The summed E-state index contributed by atoms with van der Waals surface area (Å²) in [6.45, 7) is 5.04. The molecule has 0 heterocycles. The van der Waals surface area contributed by atoms with Crippen molar-refractivity contribution in [3.8, 4) is 0 Å². The Bertz CT molecular complexity index is 525. The van der Waals surface area contributed by atoms with Crippen molar-refractivity contribution < 1.29 is 19.1 Å². The summed E-state index contributed by atoms with van der Waals surface area (Å²) in [5.41, 5.74) is 0.915. The molecule has 1 aromatic rings. The molecular formula is C16H22N2O4. The van der Waals surface area contributed by atoms with Gasteiger partial charge in [-0.3, -0.25) is 9.59 Å². The molecule has 1 aromatic carbocycles. The molecule has 1 rings (SSSR count). The molecule has 2 N–H and O–H groups in total. The van der Waals surface area contributed by atoms with Crippen molar-refractivity contribution in [3.63, 3.8) is 0 Å². The predicted octanol–water partition coefficient (Wildman–Crippen LogP) is 2.11. The van der Waals surface area contributed by atoms with E-state index in [0.717, 1.165) is 12.8 Å². The minimum atomic E-state index is -0.576. The molecule has 0 spiro atoms. The second-order valence-electron chi connectivity index (χ2n) is 5.09. The highest BCUT2D eigenvalue weighted by molar-refractivity contribution is 5.93. The number of anilines is 1. The van der Waals surface area contributed by atoms with Gasteiger partial charge in [-0.05, 0) is 37.6 Å². The van der Waals surface area contributed by atoms with Crippen molar-refractivity contribution in [1.29, 1.82) is 0 Å². The number of carbonyl (C=O) groups excluding carboxylic acids is 3. The normalized spacial score (nSPS) is 11.4. The monoisotopic (exact) mass is 306 g/mol. The Kier molecular flexibility index (Phi) is 7.08. The lowest BCUT2D eigenvalue weighted by Crippen LogP contribution is -2.35. The molecule has 0 aromatic heterocycles. The zero-order valence-electron chi connectivity index (χ0n) is 13.1. The van der Waals surface area contributed by atoms with E-state index in [0.29, 0.717) is 11.3 Å². The Morgan fingerprint density at radius 3 is 2.36 bits per heavy atom. The van der Waals surface area contributed by atoms with Crippen molar-refractivity contribution in [3.05, 3.63) is 29.8 Å². The highest BCUT2D eigenvalue weighted by Crippen LogP contribution is 2.10. The molecular weight excluding hydrogens is 284 g/mol. The third kappa shape index (κ3) is 6.39. The molecule has 0 saturated heterocycles. The van der Waals surface area contributed by atoms with Crippen molar-refractivity contribution in [2.75, 3.05) is 11.9 Å². The highest BCUT2D eigenvalue weighted by Gasteiger charge is 2.11. The molecule has 1 atom stereocenters. The van der Waals surface area contributed by atoms with Crippen LogP contribution in [0.4, 0.5) is 5.69 Å². The molecule has 0 aliphatic heterocycles. The topological polar surface area (TPSA) is 84.5 Å². The lowest BCUT2D eigenvalue weighted by Gasteiger charge is -2.12. The fraction of sp³-hybridized carbons (Fsp3) is 0.438. The van der Waals surface area contributed by atoms with E-state index in [1.54, 1.807) is 12.1 Å². The number of amides is 2. The van der Waals surface area contributed by atoms with Crippen LogP contribution in [0, 0.1) is 0 Å². The van der Waals surface area contributed by atoms with E-state index >= 15 is 0 Å². The lowest BCUT2D eigenvalue weighted by molar-refractivity contribution is -0.124. The van der Waals surface area contributed by atoms with E-state index in [1.807, 2.05) is 13.8 Å². The van der Waals surface area contributed by atoms with Crippen LogP contribution in [0.2, 0.25) is 0 Å². The number of nitrogens with one attached hydrogen (secondary N) is 2. The summed E-state index contributed by atoms with van der Waals surface area (Å²) in [5.74, 6) is -1.08. The van der Waals surface area contributed by atoms with Gasteiger partial charge in [0.2, 0.25) is 5.91 Å². The van der Waals surface area contributed by atoms with Gasteiger partial charge in [-0.15, -0.1) is 0 Å². The summed E-state index contributed by atoms with van der Waals surface area (Å²) >= 11 is 0. The molecule has 0 aliphatic rings. The maximum Gasteiger partial charge on any atom is 0.338 e. The quantitative estimate of drug-likeness (QED) is 0.756. The van der Waals surface area contributed by atoms with Crippen molar-refractivity contribution in [1.82, 2.24) is 5.32 Å². The van der Waals surface area contributed by atoms with Gasteiger partial charge in [0.05, 0.1) is 5.56 Å². The molecule has 0 saturated carbocycles. The van der Waals surface area contributed by atoms with Gasteiger partial charge in [0.1, 0.15) is 0 Å². The van der Waals surface area contributed by atoms with Crippen molar-refractivity contribution in [2.24, 2.45) is 0 Å². The molecule has 6 heteroatoms. The molecule has 0 aliphatic carbocycles. The number of benzene rings is 1. The number of hydrogen-bond acceptors (Lipinski definition) is 4. The summed E-state index contributed by atoms with van der Waals surface area (Å²) in [7, 11) is 0. The van der Waals surface area contributed by atoms with Crippen LogP contribution in [-0.2, 0) is 14.3 Å². The van der Waals surface area contributed by atoms with Gasteiger partial charge >= 0.3 is 5.97 Å². The number of hydrogen-bond donors (Lipinski definition) is 2. The zero-order valence-corrected chi connectivity index (χ0v) is 13.1. The van der Waals surface area contributed by atoms with Gasteiger partial charge in [0.25, 0.3) is 5.91 Å². The van der Waals surface area contributed by atoms with E-state index in [-0.39, 0.29) is 24.5 Å². The first-order valence-electron chi connectivity index (χ1n) is 7.26. The number of carbonyl (C=O) groups is 3. The highest BCUT2D eigenvalue weighted by atomic mass is 16.5. The molecule has 6 nitrogen and oxygen atoms in total. The molecule has 0 radical (unpaired) electrons. The van der Waals surface area contributed by atoms with Gasteiger partial charge < -0.3 is 15.4 Å². The van der Waals surface area contributed by atoms with Crippen molar-refractivity contribution >= 4 is 23.5 Å². The summed E-state index contributed by atoms with van der Waals surface area (Å²) < 4.78 is 4.95. The fourth-order valence-electron chi connectivity index (χ4n) is 1.93. The zero-order chi connectivity index (χ0) is 16.5. The number of ether oxygens (including phenoxy) is 1. The van der Waals surface area contributed by atoms with E-state index in [1.165, 1.54) is 19.1 Å². The fourth-order valence-corrected chi connectivity index (χ4v) is 1.93. The Hall–Kier alpha value is -2.37. The molecule has 22 heavy (non-hydrogen) atoms. The van der Waals surface area contributed by atoms with Gasteiger partial charge in [0, 0.05) is 18.7 Å². The molecule has 120 valence electrons. The second kappa shape index (κ2) is 8.81. The Morgan fingerprint density at radius 2 is 1.82 bits per heavy atom. The first-order chi connectivity index (χ1) is 10.4. The predicted molar refractivity (Wildman–Crippen MR) is 83.5 cm³/mol. The minimum absolute atomic E-state index is 0.0631. The van der Waals surface area contributed by atoms with Crippen LogP contribution < -0.4 is 10.6 Å². The maximum atomic E-state index is 11.8. The van der Waals surface area contributed by atoms with E-state index < -0.39 is 5.97 Å². The third-order valence-electron chi connectivity index (χ3n) is 2.90. The van der Waals surface area contributed by atoms with E-state index in [2.05, 4.69) is 10.6 Å². The van der Waals surface area contributed by atoms with E-state index in [9.17, 15) is 14.4 Å². The maximum absolute atomic E-state index is 11.8. The Morgan fingerprint density at radius 1 is 1.18 bits per heavy atom. The summed E-state index contributed by atoms with van der Waals surface area (Å²) in [5, 5.41) is 5.35.